The molecule has 118 valence electrons. The van der Waals surface area contributed by atoms with Crippen LogP contribution in [0.15, 0.2) is 0 Å². The number of carbonyl (C=O) groups is 1. The zero-order valence-electron chi connectivity index (χ0n) is 13.4. The van der Waals surface area contributed by atoms with Gasteiger partial charge < -0.3 is 15.4 Å². The highest BCUT2D eigenvalue weighted by molar-refractivity contribution is 5.76. The highest BCUT2D eigenvalue weighted by Gasteiger charge is 2.24. The van der Waals surface area contributed by atoms with E-state index >= 15 is 0 Å². The Hall–Kier alpha value is -0.610. The lowest BCUT2D eigenvalue weighted by Gasteiger charge is -2.32. The van der Waals surface area contributed by atoms with Gasteiger partial charge in [-0.3, -0.25) is 4.79 Å². The number of likely N-dealkylation sites (tertiary alicyclic amines) is 1. The number of carbonyl (C=O) groups excluding carboxylic acids is 1. The molecule has 2 N–H and O–H groups in total. The van der Waals surface area contributed by atoms with Gasteiger partial charge in [0, 0.05) is 26.1 Å². The maximum absolute atomic E-state index is 12.2. The largest absolute Gasteiger partial charge is 0.378 e. The van der Waals surface area contributed by atoms with E-state index in [1.54, 1.807) is 0 Å². The normalized spacial score (nSPS) is 18.6. The van der Waals surface area contributed by atoms with Crippen LogP contribution < -0.4 is 5.73 Å². The van der Waals surface area contributed by atoms with Gasteiger partial charge in [0.15, 0.2) is 0 Å². The molecule has 1 amide bonds. The van der Waals surface area contributed by atoms with Crippen LogP contribution >= 0.6 is 0 Å². The fourth-order valence-electron chi connectivity index (χ4n) is 2.92. The monoisotopic (exact) mass is 284 g/mol. The number of hydrogen-bond acceptors (Lipinski definition) is 3. The molecule has 1 unspecified atom stereocenters. The molecule has 1 heterocycles. The molecule has 0 aromatic heterocycles. The van der Waals surface area contributed by atoms with Crippen molar-refractivity contribution in [2.45, 2.75) is 59.0 Å². The van der Waals surface area contributed by atoms with E-state index in [9.17, 15) is 4.79 Å². The van der Waals surface area contributed by atoms with Crippen molar-refractivity contribution in [1.29, 1.82) is 0 Å². The first-order valence-electron chi connectivity index (χ1n) is 8.12. The minimum absolute atomic E-state index is 0.318. The Balaban J connectivity index is 2.21. The summed E-state index contributed by atoms with van der Waals surface area (Å²) in [6, 6.07) is 0. The van der Waals surface area contributed by atoms with E-state index < -0.39 is 0 Å². The molecule has 0 aromatic rings. The molecule has 1 fully saturated rings. The fourth-order valence-corrected chi connectivity index (χ4v) is 2.92. The summed E-state index contributed by atoms with van der Waals surface area (Å²) in [6.45, 7) is 9.74. The van der Waals surface area contributed by atoms with E-state index in [0.717, 1.165) is 45.4 Å². The Labute approximate surface area is 124 Å². The topological polar surface area (TPSA) is 55.6 Å². The van der Waals surface area contributed by atoms with E-state index in [2.05, 4.69) is 20.8 Å². The summed E-state index contributed by atoms with van der Waals surface area (Å²) in [5, 5.41) is 0. The van der Waals surface area contributed by atoms with Crippen LogP contribution in [0.4, 0.5) is 0 Å². The van der Waals surface area contributed by atoms with E-state index in [0.29, 0.717) is 36.8 Å². The van der Waals surface area contributed by atoms with Crippen LogP contribution in [-0.4, -0.2) is 43.2 Å². The third kappa shape index (κ3) is 6.71. The molecule has 0 radical (unpaired) electrons. The van der Waals surface area contributed by atoms with E-state index in [4.69, 9.17) is 10.5 Å². The number of ether oxygens (including phenoxy) is 1. The van der Waals surface area contributed by atoms with Gasteiger partial charge >= 0.3 is 0 Å². The highest BCUT2D eigenvalue weighted by atomic mass is 16.5. The van der Waals surface area contributed by atoms with Crippen LogP contribution in [0.1, 0.15) is 52.9 Å². The SMILES string of the molecule is CC(C)CC(C)CC(=O)N1CCC(OCCCN)CC1. The number of nitrogens with two attached hydrogens (primary N) is 1. The second-order valence-corrected chi connectivity index (χ2v) is 6.53. The second-order valence-electron chi connectivity index (χ2n) is 6.53. The van der Waals surface area contributed by atoms with Crippen molar-refractivity contribution in [3.63, 3.8) is 0 Å². The number of nitrogens with zero attached hydrogens (tertiary/aromatic N) is 1. The van der Waals surface area contributed by atoms with Gasteiger partial charge in [0.05, 0.1) is 6.10 Å². The quantitative estimate of drug-likeness (QED) is 0.696. The molecule has 0 aromatic carbocycles. The summed E-state index contributed by atoms with van der Waals surface area (Å²) in [6.07, 6.45) is 5.00. The summed E-state index contributed by atoms with van der Waals surface area (Å²) < 4.78 is 5.77. The first-order valence-corrected chi connectivity index (χ1v) is 8.12. The summed E-state index contributed by atoms with van der Waals surface area (Å²) in [7, 11) is 0. The number of piperidine rings is 1. The maximum Gasteiger partial charge on any atom is 0.222 e. The van der Waals surface area contributed by atoms with Gasteiger partial charge in [-0.05, 0) is 44.1 Å². The molecule has 4 heteroatoms. The molecule has 20 heavy (non-hydrogen) atoms. The van der Waals surface area contributed by atoms with E-state index in [1.165, 1.54) is 0 Å². The predicted octanol–water partition coefficient (Wildman–Crippen LogP) is 2.42. The lowest BCUT2D eigenvalue weighted by Crippen LogP contribution is -2.41. The molecule has 0 aliphatic carbocycles. The maximum atomic E-state index is 12.2. The summed E-state index contributed by atoms with van der Waals surface area (Å²) in [4.78, 5) is 14.2. The number of hydrogen-bond donors (Lipinski definition) is 1. The lowest BCUT2D eigenvalue weighted by atomic mass is 9.95. The van der Waals surface area contributed by atoms with Crippen molar-refractivity contribution in [2.75, 3.05) is 26.2 Å². The molecule has 1 aliphatic rings. The highest BCUT2D eigenvalue weighted by Crippen LogP contribution is 2.19. The van der Waals surface area contributed by atoms with Crippen LogP contribution in [0.25, 0.3) is 0 Å². The molecule has 1 saturated heterocycles. The van der Waals surface area contributed by atoms with Crippen molar-refractivity contribution < 1.29 is 9.53 Å². The van der Waals surface area contributed by atoms with Gasteiger partial charge in [0.25, 0.3) is 0 Å². The molecule has 1 rings (SSSR count). The lowest BCUT2D eigenvalue weighted by molar-refractivity contribution is -0.134. The molecule has 0 spiro atoms. The minimum Gasteiger partial charge on any atom is -0.378 e. The van der Waals surface area contributed by atoms with Crippen LogP contribution in [0.2, 0.25) is 0 Å². The van der Waals surface area contributed by atoms with Gasteiger partial charge in [-0.15, -0.1) is 0 Å². The Kier molecular flexibility index (Phi) is 8.15. The summed E-state index contributed by atoms with van der Waals surface area (Å²) >= 11 is 0. The first-order chi connectivity index (χ1) is 9.52. The molecule has 0 saturated carbocycles. The minimum atomic E-state index is 0.318. The van der Waals surface area contributed by atoms with Gasteiger partial charge in [-0.25, -0.2) is 0 Å². The Morgan fingerprint density at radius 1 is 1.30 bits per heavy atom. The molecule has 0 bridgehead atoms. The van der Waals surface area contributed by atoms with Gasteiger partial charge in [0.1, 0.15) is 0 Å². The second kappa shape index (κ2) is 9.35. The zero-order valence-corrected chi connectivity index (χ0v) is 13.4. The zero-order chi connectivity index (χ0) is 15.0. The third-order valence-corrected chi connectivity index (χ3v) is 3.89. The van der Waals surface area contributed by atoms with Crippen molar-refractivity contribution in [3.8, 4) is 0 Å². The van der Waals surface area contributed by atoms with Crippen molar-refractivity contribution in [3.05, 3.63) is 0 Å². The van der Waals surface area contributed by atoms with Gasteiger partial charge in [0.2, 0.25) is 5.91 Å². The van der Waals surface area contributed by atoms with E-state index in [1.807, 2.05) is 4.90 Å². The van der Waals surface area contributed by atoms with Gasteiger partial charge in [-0.2, -0.15) is 0 Å². The van der Waals surface area contributed by atoms with Crippen molar-refractivity contribution >= 4 is 5.91 Å². The Morgan fingerprint density at radius 2 is 1.95 bits per heavy atom. The Morgan fingerprint density at radius 3 is 2.50 bits per heavy atom. The average Bonchev–Trinajstić information content (AvgIpc) is 2.38. The van der Waals surface area contributed by atoms with Crippen LogP contribution in [0.3, 0.4) is 0 Å². The first kappa shape index (κ1) is 17.4. The fraction of sp³-hybridized carbons (Fsp3) is 0.938. The molecule has 1 aliphatic heterocycles. The van der Waals surface area contributed by atoms with Crippen molar-refractivity contribution in [1.82, 2.24) is 4.90 Å². The van der Waals surface area contributed by atoms with Gasteiger partial charge in [-0.1, -0.05) is 20.8 Å². The van der Waals surface area contributed by atoms with Crippen LogP contribution in [0.5, 0.6) is 0 Å². The summed E-state index contributed by atoms with van der Waals surface area (Å²) in [5.74, 6) is 1.47. The smallest absolute Gasteiger partial charge is 0.222 e. The number of rotatable bonds is 8. The standard InChI is InChI=1S/C16H32N2O2/c1-13(2)11-14(3)12-16(19)18-8-5-15(6-9-18)20-10-4-7-17/h13-15H,4-12,17H2,1-3H3. The van der Waals surface area contributed by atoms with Crippen molar-refractivity contribution in [2.24, 2.45) is 17.6 Å². The molecular weight excluding hydrogens is 252 g/mol. The van der Waals surface area contributed by atoms with E-state index in [-0.39, 0.29) is 0 Å². The average molecular weight is 284 g/mol. The number of amides is 1. The molecular formula is C16H32N2O2. The van der Waals surface area contributed by atoms with Crippen LogP contribution in [-0.2, 0) is 9.53 Å². The third-order valence-electron chi connectivity index (χ3n) is 3.89. The Bertz CT molecular complexity index is 274. The summed E-state index contributed by atoms with van der Waals surface area (Å²) in [5.41, 5.74) is 5.45. The van der Waals surface area contributed by atoms with Crippen LogP contribution in [0, 0.1) is 11.8 Å². The molecule has 1 atom stereocenters. The predicted molar refractivity (Wildman–Crippen MR) is 82.5 cm³/mol. The molecule has 4 nitrogen and oxygen atoms in total.